The molecule has 1 saturated carbocycles. The number of fused-ring (bicyclic) bond motifs is 10. The molecule has 1 fully saturated rings. The maximum Gasteiger partial charge on any atom is 0.178 e. The van der Waals surface area contributed by atoms with Crippen LogP contribution in [0.4, 0.5) is 4.39 Å². The smallest absolute Gasteiger partial charge is 0.178 e. The van der Waals surface area contributed by atoms with Gasteiger partial charge in [-0.3, -0.25) is 0 Å². The lowest BCUT2D eigenvalue weighted by Crippen LogP contribution is -2.35. The highest BCUT2D eigenvalue weighted by Crippen LogP contribution is 2.62. The van der Waals surface area contributed by atoms with Gasteiger partial charge in [-0.05, 0) is 58.7 Å². The Morgan fingerprint density at radius 1 is 0.526 bits per heavy atom. The zero-order valence-corrected chi connectivity index (χ0v) is 31.3. The van der Waals surface area contributed by atoms with Crippen LogP contribution in [0.25, 0.3) is 62.1 Å². The first kappa shape index (κ1) is 33.6. The Hall–Kier alpha value is -6.72. The van der Waals surface area contributed by atoms with E-state index < -0.39 is 5.60 Å². The maximum atomic E-state index is 15.1. The summed E-state index contributed by atoms with van der Waals surface area (Å²) in [5.41, 5.74) is 9.48. The number of aromatic nitrogens is 3. The van der Waals surface area contributed by atoms with Crippen LogP contribution in [0.5, 0.6) is 5.75 Å². The summed E-state index contributed by atoms with van der Waals surface area (Å²) in [5.74, 6) is 2.55. The van der Waals surface area contributed by atoms with Crippen LogP contribution >= 0.6 is 0 Å². The summed E-state index contributed by atoms with van der Waals surface area (Å²) in [6, 6.07) is 53.1. The van der Waals surface area contributed by atoms with Gasteiger partial charge in [0.05, 0.1) is 0 Å². The molecular weight excluding hydrogens is 702 g/mol. The van der Waals surface area contributed by atoms with E-state index in [0.29, 0.717) is 17.5 Å². The number of benzene rings is 7. The first-order valence-electron chi connectivity index (χ1n) is 19.9. The number of ether oxygens (including phenoxy) is 1. The van der Waals surface area contributed by atoms with Gasteiger partial charge in [0.25, 0.3) is 0 Å². The molecule has 5 heteroatoms. The fraction of sp³-hybridized carbons (Fsp3) is 0.135. The van der Waals surface area contributed by atoms with E-state index in [1.54, 1.807) is 6.07 Å². The molecule has 1 spiro atoms. The summed E-state index contributed by atoms with van der Waals surface area (Å²) in [5, 5.41) is 2.20. The second-order valence-electron chi connectivity index (χ2n) is 15.5. The van der Waals surface area contributed by atoms with Gasteiger partial charge in [0, 0.05) is 44.2 Å². The minimum atomic E-state index is -0.926. The van der Waals surface area contributed by atoms with Crippen molar-refractivity contribution in [1.82, 2.24) is 15.0 Å². The Morgan fingerprint density at radius 3 is 1.70 bits per heavy atom. The van der Waals surface area contributed by atoms with Crippen LogP contribution in [0.2, 0.25) is 0 Å². The molecule has 274 valence electrons. The molecule has 0 saturated heterocycles. The zero-order chi connectivity index (χ0) is 38.0. The van der Waals surface area contributed by atoms with E-state index in [2.05, 4.69) is 84.9 Å². The largest absolute Gasteiger partial charge is 0.472 e. The molecule has 7 aromatic carbocycles. The van der Waals surface area contributed by atoms with Crippen LogP contribution in [-0.4, -0.2) is 15.0 Å². The molecule has 8 aromatic rings. The van der Waals surface area contributed by atoms with Crippen LogP contribution in [0.1, 0.15) is 59.9 Å². The molecule has 1 unspecified atom stereocenters. The highest BCUT2D eigenvalue weighted by atomic mass is 19.1. The number of nitrogens with zero attached hydrogens (tertiary/aromatic N) is 3. The van der Waals surface area contributed by atoms with E-state index in [0.717, 1.165) is 86.7 Å². The summed E-state index contributed by atoms with van der Waals surface area (Å²) in [6.45, 7) is 0. The first-order valence-corrected chi connectivity index (χ1v) is 19.9. The molecule has 2 heterocycles. The predicted molar refractivity (Wildman–Crippen MR) is 226 cm³/mol. The fourth-order valence-electron chi connectivity index (χ4n) is 9.78. The minimum absolute atomic E-state index is 0.173. The molecule has 0 N–H and O–H groups in total. The summed E-state index contributed by atoms with van der Waals surface area (Å²) < 4.78 is 22.7. The van der Waals surface area contributed by atoms with Gasteiger partial charge in [-0.25, -0.2) is 19.3 Å². The molecule has 2 aliphatic carbocycles. The lowest BCUT2D eigenvalue weighted by Gasteiger charge is -2.41. The van der Waals surface area contributed by atoms with Crippen molar-refractivity contribution >= 4 is 16.8 Å². The van der Waals surface area contributed by atoms with Crippen molar-refractivity contribution in [2.45, 2.75) is 43.1 Å². The molecule has 1 atom stereocenters. The van der Waals surface area contributed by atoms with Crippen LogP contribution in [0, 0.1) is 5.82 Å². The maximum absolute atomic E-state index is 15.1. The Balaban J connectivity index is 1.08. The van der Waals surface area contributed by atoms with E-state index >= 15 is 4.39 Å². The second kappa shape index (κ2) is 13.2. The van der Waals surface area contributed by atoms with Gasteiger partial charge in [0.15, 0.2) is 23.1 Å². The number of rotatable bonds is 5. The standard InChI is InChI=1S/C52H38FN3O/c53-39-27-28-42-44(33-39)51(30-13-4-14-31-51)46-43-29-32-52(37-19-9-3-10-20-37,57-47(43)41-22-12-11-21-40(41)45(42)46)38-25-23-36(24-26-38)50-55-48(34-15-5-1-6-16-34)54-49(56-50)35-17-7-2-8-18-35/h1-3,5-12,15-29,32-33H,4,13-14,30-31H2. The molecule has 0 bridgehead atoms. The van der Waals surface area contributed by atoms with Gasteiger partial charge >= 0.3 is 0 Å². The fourth-order valence-corrected chi connectivity index (χ4v) is 9.78. The lowest BCUT2D eigenvalue weighted by molar-refractivity contribution is 0.163. The third-order valence-corrected chi connectivity index (χ3v) is 12.4. The first-order chi connectivity index (χ1) is 28.1. The molecule has 1 aromatic heterocycles. The topological polar surface area (TPSA) is 47.9 Å². The van der Waals surface area contributed by atoms with E-state index in [1.165, 1.54) is 17.5 Å². The molecule has 1 aliphatic heterocycles. The SMILES string of the molecule is Fc1ccc2c(c1)C1(CCCCC1)c1c3c(c4ccccc4c1-2)OC(c1ccccc1)(c1ccc(-c2nc(-c4ccccc4)nc(-c4ccccc4)n2)cc1)C=C3. The average Bonchev–Trinajstić information content (AvgIpc) is 3.55. The van der Waals surface area contributed by atoms with Gasteiger partial charge < -0.3 is 4.74 Å². The zero-order valence-electron chi connectivity index (χ0n) is 31.3. The van der Waals surface area contributed by atoms with Crippen LogP contribution in [-0.2, 0) is 11.0 Å². The lowest BCUT2D eigenvalue weighted by atomic mass is 9.66. The summed E-state index contributed by atoms with van der Waals surface area (Å²) >= 11 is 0. The molecule has 4 nitrogen and oxygen atoms in total. The van der Waals surface area contributed by atoms with Gasteiger partial charge in [-0.1, -0.05) is 171 Å². The van der Waals surface area contributed by atoms with Crippen LogP contribution < -0.4 is 4.74 Å². The second-order valence-corrected chi connectivity index (χ2v) is 15.5. The molecule has 0 radical (unpaired) electrons. The number of hydrogen-bond donors (Lipinski definition) is 0. The molecule has 0 amide bonds. The van der Waals surface area contributed by atoms with Gasteiger partial charge in [0.1, 0.15) is 11.6 Å². The molecule has 3 aliphatic rings. The van der Waals surface area contributed by atoms with Crippen molar-refractivity contribution in [2.75, 3.05) is 0 Å². The van der Waals surface area contributed by atoms with E-state index in [9.17, 15) is 0 Å². The van der Waals surface area contributed by atoms with Crippen molar-refractivity contribution in [3.63, 3.8) is 0 Å². The monoisotopic (exact) mass is 739 g/mol. The van der Waals surface area contributed by atoms with E-state index in [-0.39, 0.29) is 11.2 Å². The Labute approximate surface area is 331 Å². The van der Waals surface area contributed by atoms with Crippen molar-refractivity contribution in [1.29, 1.82) is 0 Å². The normalized spacial score (nSPS) is 17.5. The third kappa shape index (κ3) is 5.29. The third-order valence-electron chi connectivity index (χ3n) is 12.4. The minimum Gasteiger partial charge on any atom is -0.472 e. The van der Waals surface area contributed by atoms with Gasteiger partial charge in [-0.2, -0.15) is 0 Å². The van der Waals surface area contributed by atoms with Crippen LogP contribution in [0.15, 0.2) is 164 Å². The predicted octanol–water partition coefficient (Wildman–Crippen LogP) is 12.7. The molecule has 11 rings (SSSR count). The Kier molecular flexibility index (Phi) is 7.78. The van der Waals surface area contributed by atoms with Gasteiger partial charge in [0.2, 0.25) is 0 Å². The van der Waals surface area contributed by atoms with Crippen molar-refractivity contribution in [3.05, 3.63) is 197 Å². The van der Waals surface area contributed by atoms with Crippen molar-refractivity contribution in [3.8, 4) is 51.0 Å². The van der Waals surface area contributed by atoms with Crippen molar-refractivity contribution < 1.29 is 9.13 Å². The molecule has 57 heavy (non-hydrogen) atoms. The Morgan fingerprint density at radius 2 is 1.07 bits per heavy atom. The summed E-state index contributed by atoms with van der Waals surface area (Å²) in [7, 11) is 0. The summed E-state index contributed by atoms with van der Waals surface area (Å²) in [6.07, 6.45) is 9.95. The Bertz CT molecular complexity index is 2790. The highest BCUT2D eigenvalue weighted by molar-refractivity contribution is 6.08. The van der Waals surface area contributed by atoms with Crippen molar-refractivity contribution in [2.24, 2.45) is 0 Å². The molecular formula is C52H38FN3O. The number of hydrogen-bond acceptors (Lipinski definition) is 4. The van der Waals surface area contributed by atoms with E-state index in [1.807, 2.05) is 78.9 Å². The number of halogens is 1. The summed E-state index contributed by atoms with van der Waals surface area (Å²) in [4.78, 5) is 14.9. The quantitative estimate of drug-likeness (QED) is 0.176. The highest BCUT2D eigenvalue weighted by Gasteiger charge is 2.49. The van der Waals surface area contributed by atoms with E-state index in [4.69, 9.17) is 19.7 Å². The average molecular weight is 740 g/mol. The van der Waals surface area contributed by atoms with Gasteiger partial charge in [-0.15, -0.1) is 0 Å². The van der Waals surface area contributed by atoms with Crippen LogP contribution in [0.3, 0.4) is 0 Å².